The summed E-state index contributed by atoms with van der Waals surface area (Å²) in [6, 6.07) is 4.75. The van der Waals surface area contributed by atoms with Crippen molar-refractivity contribution in [3.8, 4) is 0 Å². The number of aryl methyl sites for hydroxylation is 1. The first-order chi connectivity index (χ1) is 12.3. The van der Waals surface area contributed by atoms with Gasteiger partial charge in [0.15, 0.2) is 17.2 Å². The van der Waals surface area contributed by atoms with Gasteiger partial charge in [-0.15, -0.1) is 0 Å². The first-order valence-corrected chi connectivity index (χ1v) is 7.87. The van der Waals surface area contributed by atoms with Gasteiger partial charge in [0.1, 0.15) is 6.54 Å². The van der Waals surface area contributed by atoms with E-state index in [0.717, 1.165) is 17.4 Å². The number of carbonyl (C=O) groups excluding carboxylic acids is 2. The number of nitrogens with zero attached hydrogens (tertiary/aromatic N) is 2. The van der Waals surface area contributed by atoms with E-state index in [-0.39, 0.29) is 35.9 Å². The zero-order valence-corrected chi connectivity index (χ0v) is 15.2. The molecule has 0 saturated carbocycles. The molecule has 2 rings (SSSR count). The number of carboxylic acid groups (broad SMARTS) is 1. The molecule has 0 atom stereocenters. The van der Waals surface area contributed by atoms with E-state index in [1.807, 2.05) is 0 Å². The van der Waals surface area contributed by atoms with E-state index >= 15 is 0 Å². The Labute approximate surface area is 154 Å². The Kier molecular flexibility index (Phi) is 6.12. The van der Waals surface area contributed by atoms with Crippen LogP contribution in [0.5, 0.6) is 0 Å². The summed E-state index contributed by atoms with van der Waals surface area (Å²) in [4.78, 5) is 36.1. The molecule has 8 nitrogen and oxygen atoms in total. The highest BCUT2D eigenvalue weighted by Gasteiger charge is 2.28. The summed E-state index contributed by atoms with van der Waals surface area (Å²) in [5, 5.41) is 13.7. The summed E-state index contributed by atoms with van der Waals surface area (Å²) in [6.45, 7) is 1.25. The van der Waals surface area contributed by atoms with Gasteiger partial charge in [0.2, 0.25) is 0 Å². The highest BCUT2D eigenvalue weighted by molar-refractivity contribution is 6.31. The molecule has 0 radical (unpaired) electrons. The number of hydrogen-bond acceptors (Lipinski definition) is 6. The van der Waals surface area contributed by atoms with Crippen molar-refractivity contribution in [2.75, 3.05) is 14.2 Å². The van der Waals surface area contributed by atoms with Crippen molar-refractivity contribution in [2.24, 2.45) is 0 Å². The van der Waals surface area contributed by atoms with Gasteiger partial charge >= 0.3 is 11.9 Å². The van der Waals surface area contributed by atoms with Crippen LogP contribution in [0.3, 0.4) is 0 Å². The van der Waals surface area contributed by atoms with E-state index in [1.54, 1.807) is 25.1 Å². The summed E-state index contributed by atoms with van der Waals surface area (Å²) in [5.41, 5.74) is 0.630. The number of benzene rings is 1. The predicted octanol–water partition coefficient (Wildman–Crippen LogP) is 2.36. The summed E-state index contributed by atoms with van der Waals surface area (Å²) >= 11 is 5.96. The molecule has 138 valence electrons. The van der Waals surface area contributed by atoms with Crippen molar-refractivity contribution >= 4 is 29.3 Å². The van der Waals surface area contributed by atoms with Gasteiger partial charge in [0, 0.05) is 23.3 Å². The lowest BCUT2D eigenvalue weighted by molar-refractivity contribution is 0.0581. The molecule has 0 spiro atoms. The minimum Gasteiger partial charge on any atom is -0.476 e. The van der Waals surface area contributed by atoms with Crippen LogP contribution in [0, 0.1) is 6.92 Å². The standard InChI is InChI=1S/C17H17ClN2O6/c1-9-6-10(4-5-12(9)18)13(21)7-20-15(17(24)26-3)11(8-25-2)14(19-20)16(22)23/h4-6H,7-8H2,1-3H3,(H,22,23). The predicted molar refractivity (Wildman–Crippen MR) is 91.8 cm³/mol. The molecule has 1 heterocycles. The fraction of sp³-hybridized carbons (Fsp3) is 0.294. The number of halogens is 1. The van der Waals surface area contributed by atoms with Gasteiger partial charge in [0.25, 0.3) is 0 Å². The molecule has 1 aromatic heterocycles. The largest absolute Gasteiger partial charge is 0.476 e. The molecule has 0 amide bonds. The Morgan fingerprint density at radius 1 is 1.27 bits per heavy atom. The zero-order chi connectivity index (χ0) is 19.4. The van der Waals surface area contributed by atoms with Gasteiger partial charge in [-0.05, 0) is 30.7 Å². The van der Waals surface area contributed by atoms with Crippen LogP contribution in [0.2, 0.25) is 5.02 Å². The number of ketones is 1. The number of aromatic nitrogens is 2. The number of esters is 1. The molecule has 0 unspecified atom stereocenters. The summed E-state index contributed by atoms with van der Waals surface area (Å²) in [6.07, 6.45) is 0. The SMILES string of the molecule is COCc1c(C(=O)O)nn(CC(=O)c2ccc(Cl)c(C)c2)c1C(=O)OC. The average molecular weight is 381 g/mol. The van der Waals surface area contributed by atoms with Crippen molar-refractivity contribution in [2.45, 2.75) is 20.1 Å². The Hall–Kier alpha value is -2.71. The highest BCUT2D eigenvalue weighted by atomic mass is 35.5. The fourth-order valence-corrected chi connectivity index (χ4v) is 2.55. The number of methoxy groups -OCH3 is 2. The molecular formula is C17H17ClN2O6. The minimum atomic E-state index is -1.34. The number of carbonyl (C=O) groups is 3. The van der Waals surface area contributed by atoms with Crippen molar-refractivity contribution in [3.05, 3.63) is 51.3 Å². The van der Waals surface area contributed by atoms with Crippen LogP contribution in [-0.2, 0) is 22.6 Å². The van der Waals surface area contributed by atoms with E-state index in [2.05, 4.69) is 5.10 Å². The second-order valence-electron chi connectivity index (χ2n) is 5.45. The highest BCUT2D eigenvalue weighted by Crippen LogP contribution is 2.20. The molecule has 2 aromatic rings. The lowest BCUT2D eigenvalue weighted by Crippen LogP contribution is -2.19. The molecule has 1 N–H and O–H groups in total. The van der Waals surface area contributed by atoms with Gasteiger partial charge in [-0.2, -0.15) is 5.10 Å². The number of hydrogen-bond donors (Lipinski definition) is 1. The molecule has 1 aromatic carbocycles. The van der Waals surface area contributed by atoms with Gasteiger partial charge < -0.3 is 14.6 Å². The molecule has 0 aliphatic rings. The number of ether oxygens (including phenoxy) is 2. The first kappa shape index (κ1) is 19.6. The maximum atomic E-state index is 12.6. The van der Waals surface area contributed by atoms with Gasteiger partial charge in [0.05, 0.1) is 13.7 Å². The monoisotopic (exact) mass is 380 g/mol. The maximum Gasteiger partial charge on any atom is 0.356 e. The molecule has 9 heteroatoms. The Bertz CT molecular complexity index is 874. The Balaban J connectivity index is 2.48. The summed E-state index contributed by atoms with van der Waals surface area (Å²) in [7, 11) is 2.51. The molecule has 0 fully saturated rings. The smallest absolute Gasteiger partial charge is 0.356 e. The topological polar surface area (TPSA) is 108 Å². The average Bonchev–Trinajstić information content (AvgIpc) is 2.95. The Morgan fingerprint density at radius 3 is 2.50 bits per heavy atom. The van der Waals surface area contributed by atoms with Crippen LogP contribution < -0.4 is 0 Å². The number of rotatable bonds is 7. The minimum absolute atomic E-state index is 0.0481. The maximum absolute atomic E-state index is 12.6. The van der Waals surface area contributed by atoms with Crippen molar-refractivity contribution in [3.63, 3.8) is 0 Å². The van der Waals surface area contributed by atoms with E-state index in [0.29, 0.717) is 10.6 Å². The van der Waals surface area contributed by atoms with Gasteiger partial charge in [-0.1, -0.05) is 11.6 Å². The second-order valence-corrected chi connectivity index (χ2v) is 5.86. The van der Waals surface area contributed by atoms with Gasteiger partial charge in [-0.3, -0.25) is 4.79 Å². The molecule has 0 saturated heterocycles. The third-order valence-electron chi connectivity index (χ3n) is 3.69. The zero-order valence-electron chi connectivity index (χ0n) is 14.4. The fourth-order valence-electron chi connectivity index (χ4n) is 2.44. The number of aromatic carboxylic acids is 1. The normalized spacial score (nSPS) is 10.6. The number of Topliss-reactive ketones (excluding diaryl/α,β-unsaturated/α-hetero) is 1. The second kappa shape index (κ2) is 8.11. The van der Waals surface area contributed by atoms with E-state index in [1.165, 1.54) is 7.11 Å². The summed E-state index contributed by atoms with van der Waals surface area (Å²) in [5.74, 6) is -2.51. The lowest BCUT2D eigenvalue weighted by atomic mass is 10.1. The van der Waals surface area contributed by atoms with Crippen molar-refractivity contribution in [1.29, 1.82) is 0 Å². The van der Waals surface area contributed by atoms with E-state index < -0.39 is 11.9 Å². The van der Waals surface area contributed by atoms with E-state index in [9.17, 15) is 19.5 Å². The van der Waals surface area contributed by atoms with Crippen LogP contribution in [0.4, 0.5) is 0 Å². The van der Waals surface area contributed by atoms with Crippen LogP contribution in [0.25, 0.3) is 0 Å². The molecule has 26 heavy (non-hydrogen) atoms. The molecular weight excluding hydrogens is 364 g/mol. The summed E-state index contributed by atoms with van der Waals surface area (Å²) < 4.78 is 10.7. The van der Waals surface area contributed by atoms with Crippen LogP contribution in [0.15, 0.2) is 18.2 Å². The molecule has 0 aliphatic heterocycles. The molecule has 0 aliphatic carbocycles. The third-order valence-corrected chi connectivity index (χ3v) is 4.12. The quantitative estimate of drug-likeness (QED) is 0.580. The van der Waals surface area contributed by atoms with E-state index in [4.69, 9.17) is 21.1 Å². The van der Waals surface area contributed by atoms with Crippen molar-refractivity contribution in [1.82, 2.24) is 9.78 Å². The van der Waals surface area contributed by atoms with Gasteiger partial charge in [-0.25, -0.2) is 14.3 Å². The van der Waals surface area contributed by atoms with Crippen LogP contribution >= 0.6 is 11.6 Å². The molecule has 0 bridgehead atoms. The Morgan fingerprint density at radius 2 is 1.96 bits per heavy atom. The third kappa shape index (κ3) is 3.92. The van der Waals surface area contributed by atoms with Crippen molar-refractivity contribution < 1.29 is 29.0 Å². The first-order valence-electron chi connectivity index (χ1n) is 7.49. The van der Waals surface area contributed by atoms with Crippen LogP contribution in [-0.4, -0.2) is 46.8 Å². The lowest BCUT2D eigenvalue weighted by Gasteiger charge is -2.08. The van der Waals surface area contributed by atoms with Crippen LogP contribution in [0.1, 0.15) is 42.5 Å². The number of carboxylic acids is 1.